The molecule has 2 aromatic rings. The zero-order valence-electron chi connectivity index (χ0n) is 13.7. The molecule has 144 valence electrons. The van der Waals surface area contributed by atoms with Crippen LogP contribution in [0, 0.1) is 10.1 Å². The Morgan fingerprint density at radius 3 is 2.46 bits per heavy atom. The molecule has 3 rings (SSSR count). The first kappa shape index (κ1) is 19.9. The van der Waals surface area contributed by atoms with Gasteiger partial charge in [0.1, 0.15) is 0 Å². The number of hydrogen-bond acceptors (Lipinski definition) is 5. The molecule has 1 fully saturated rings. The Bertz CT molecular complexity index is 1020. The molecule has 0 bridgehead atoms. The van der Waals surface area contributed by atoms with Crippen molar-refractivity contribution in [1.82, 2.24) is 5.32 Å². The molecule has 0 radical (unpaired) electrons. The number of nitrogens with zero attached hydrogens (tertiary/aromatic N) is 2. The van der Waals surface area contributed by atoms with Crippen molar-refractivity contribution in [3.05, 3.63) is 73.6 Å². The largest absolute Gasteiger partial charge is 0.418 e. The molecule has 0 unspecified atom stereocenters. The molecule has 1 aliphatic rings. The van der Waals surface area contributed by atoms with Gasteiger partial charge in [-0.05, 0) is 53.7 Å². The van der Waals surface area contributed by atoms with Crippen molar-refractivity contribution in [3.8, 4) is 0 Å². The number of hydrogen-bond donors (Lipinski definition) is 1. The number of thioether (sulfide) groups is 1. The molecule has 0 spiro atoms. The van der Waals surface area contributed by atoms with Gasteiger partial charge in [0.15, 0.2) is 5.17 Å². The van der Waals surface area contributed by atoms with Gasteiger partial charge in [0.05, 0.1) is 21.1 Å². The fourth-order valence-electron chi connectivity index (χ4n) is 2.27. The number of amidine groups is 1. The summed E-state index contributed by atoms with van der Waals surface area (Å²) in [7, 11) is 0. The third-order valence-electron chi connectivity index (χ3n) is 3.54. The van der Waals surface area contributed by atoms with Gasteiger partial charge in [-0.3, -0.25) is 14.9 Å². The lowest BCUT2D eigenvalue weighted by molar-refractivity contribution is -0.384. The van der Waals surface area contributed by atoms with E-state index < -0.39 is 22.6 Å². The van der Waals surface area contributed by atoms with Crippen LogP contribution in [0.2, 0.25) is 5.02 Å². The highest BCUT2D eigenvalue weighted by Crippen LogP contribution is 2.39. The Morgan fingerprint density at radius 1 is 1.18 bits per heavy atom. The number of non-ortho nitro benzene ring substituents is 1. The summed E-state index contributed by atoms with van der Waals surface area (Å²) in [5.74, 6) is -0.537. The molecule has 28 heavy (non-hydrogen) atoms. The minimum atomic E-state index is -4.66. The number of halogens is 4. The van der Waals surface area contributed by atoms with Crippen LogP contribution in [0.5, 0.6) is 0 Å². The minimum absolute atomic E-state index is 0.0222. The number of carbonyl (C=O) groups is 1. The van der Waals surface area contributed by atoms with E-state index in [1.165, 1.54) is 36.4 Å². The fraction of sp³-hybridized carbons (Fsp3) is 0.0588. The van der Waals surface area contributed by atoms with E-state index >= 15 is 0 Å². The number of amides is 1. The van der Waals surface area contributed by atoms with Crippen molar-refractivity contribution in [3.63, 3.8) is 0 Å². The Hall–Kier alpha value is -2.85. The molecule has 11 heteroatoms. The molecule has 1 saturated heterocycles. The van der Waals surface area contributed by atoms with Crippen molar-refractivity contribution >= 4 is 51.9 Å². The van der Waals surface area contributed by atoms with Crippen LogP contribution in [0.25, 0.3) is 6.08 Å². The topological polar surface area (TPSA) is 84.6 Å². The van der Waals surface area contributed by atoms with Crippen LogP contribution >= 0.6 is 23.4 Å². The standard InChI is InChI=1S/C17H9ClF3N3O3S/c18-10-3-6-13(12(8-10)17(19,20)21)22-16-23-15(25)14(28-16)7-9-1-4-11(5-2-9)24(26)27/h1-8H,(H,22,23,25). The van der Waals surface area contributed by atoms with E-state index in [-0.39, 0.29) is 26.5 Å². The van der Waals surface area contributed by atoms with Crippen molar-refractivity contribution < 1.29 is 22.9 Å². The van der Waals surface area contributed by atoms with Gasteiger partial charge in [0, 0.05) is 17.2 Å². The van der Waals surface area contributed by atoms with Gasteiger partial charge in [0.2, 0.25) is 0 Å². The van der Waals surface area contributed by atoms with Crippen LogP contribution in [0.4, 0.5) is 24.5 Å². The number of rotatable bonds is 3. The smallest absolute Gasteiger partial charge is 0.300 e. The predicted octanol–water partition coefficient (Wildman–Crippen LogP) is 5.16. The molecular weight excluding hydrogens is 419 g/mol. The molecule has 0 saturated carbocycles. The molecule has 0 aromatic heterocycles. The van der Waals surface area contributed by atoms with Gasteiger partial charge in [-0.2, -0.15) is 13.2 Å². The van der Waals surface area contributed by atoms with E-state index in [0.717, 1.165) is 23.9 Å². The molecule has 0 atom stereocenters. The molecule has 2 aromatic carbocycles. The second-order valence-corrected chi connectivity index (χ2v) is 6.96. The SMILES string of the molecule is O=C1NC(=Nc2ccc(Cl)cc2C(F)(F)F)SC1=Cc1ccc([N+](=O)[O-])cc1. The van der Waals surface area contributed by atoms with Crippen LogP contribution in [-0.2, 0) is 11.0 Å². The number of nitro groups is 1. The summed E-state index contributed by atoms with van der Waals surface area (Å²) in [6.07, 6.45) is -3.20. The summed E-state index contributed by atoms with van der Waals surface area (Å²) >= 11 is 6.49. The van der Waals surface area contributed by atoms with Crippen LogP contribution in [0.3, 0.4) is 0 Å². The summed E-state index contributed by atoms with van der Waals surface area (Å²) in [5.41, 5.74) is -0.978. The Balaban J connectivity index is 1.88. The Morgan fingerprint density at radius 2 is 1.86 bits per heavy atom. The maximum Gasteiger partial charge on any atom is 0.418 e. The normalized spacial score (nSPS) is 17.2. The quantitative estimate of drug-likeness (QED) is 0.416. The Kier molecular flexibility index (Phi) is 5.43. The number of aliphatic imine (C=N–C) groups is 1. The van der Waals surface area contributed by atoms with Crippen molar-refractivity contribution in [1.29, 1.82) is 0 Å². The summed E-state index contributed by atoms with van der Waals surface area (Å²) in [4.78, 5) is 26.2. The van der Waals surface area contributed by atoms with Crippen LogP contribution in [0.1, 0.15) is 11.1 Å². The number of nitrogens with one attached hydrogen (secondary N) is 1. The van der Waals surface area contributed by atoms with Crippen LogP contribution < -0.4 is 5.32 Å². The summed E-state index contributed by atoms with van der Waals surface area (Å²) < 4.78 is 39.5. The van der Waals surface area contributed by atoms with Crippen molar-refractivity contribution in [2.75, 3.05) is 0 Å². The van der Waals surface area contributed by atoms with Gasteiger partial charge < -0.3 is 5.32 Å². The summed E-state index contributed by atoms with van der Waals surface area (Å²) in [6.45, 7) is 0. The summed E-state index contributed by atoms with van der Waals surface area (Å²) in [5, 5.41) is 12.9. The first-order valence-electron chi connectivity index (χ1n) is 7.54. The summed E-state index contributed by atoms with van der Waals surface area (Å²) in [6, 6.07) is 8.61. The van der Waals surface area contributed by atoms with Crippen molar-refractivity contribution in [2.45, 2.75) is 6.18 Å². The number of alkyl halides is 3. The van der Waals surface area contributed by atoms with Gasteiger partial charge >= 0.3 is 6.18 Å². The first-order valence-corrected chi connectivity index (χ1v) is 8.74. The van der Waals surface area contributed by atoms with E-state index in [0.29, 0.717) is 5.56 Å². The number of nitro benzene ring substituents is 1. The fourth-order valence-corrected chi connectivity index (χ4v) is 3.27. The highest BCUT2D eigenvalue weighted by molar-refractivity contribution is 8.18. The second kappa shape index (κ2) is 7.64. The molecule has 1 N–H and O–H groups in total. The maximum atomic E-state index is 13.2. The molecule has 1 aliphatic heterocycles. The average molecular weight is 428 g/mol. The van der Waals surface area contributed by atoms with E-state index in [2.05, 4.69) is 10.3 Å². The lowest BCUT2D eigenvalue weighted by Gasteiger charge is -2.10. The number of benzene rings is 2. The highest BCUT2D eigenvalue weighted by atomic mass is 35.5. The second-order valence-electron chi connectivity index (χ2n) is 5.49. The van der Waals surface area contributed by atoms with Crippen molar-refractivity contribution in [2.24, 2.45) is 4.99 Å². The Labute approximate surface area is 165 Å². The first-order chi connectivity index (χ1) is 13.1. The number of carbonyl (C=O) groups excluding carboxylic acids is 1. The lowest BCUT2D eigenvalue weighted by atomic mass is 10.2. The van der Waals surface area contributed by atoms with E-state index in [4.69, 9.17) is 11.6 Å². The van der Waals surface area contributed by atoms with Gasteiger partial charge in [-0.25, -0.2) is 4.99 Å². The zero-order chi connectivity index (χ0) is 20.5. The molecule has 1 heterocycles. The average Bonchev–Trinajstić information content (AvgIpc) is 2.95. The van der Waals surface area contributed by atoms with E-state index in [1.807, 2.05) is 0 Å². The maximum absolute atomic E-state index is 13.2. The van der Waals surface area contributed by atoms with E-state index in [9.17, 15) is 28.1 Å². The zero-order valence-corrected chi connectivity index (χ0v) is 15.2. The molecule has 0 aliphatic carbocycles. The predicted molar refractivity (Wildman–Crippen MR) is 100 cm³/mol. The van der Waals surface area contributed by atoms with E-state index in [1.54, 1.807) is 0 Å². The van der Waals surface area contributed by atoms with Crippen LogP contribution in [-0.4, -0.2) is 16.0 Å². The highest BCUT2D eigenvalue weighted by Gasteiger charge is 2.34. The van der Waals surface area contributed by atoms with Gasteiger partial charge in [0.25, 0.3) is 11.6 Å². The lowest BCUT2D eigenvalue weighted by Crippen LogP contribution is -2.19. The molecule has 6 nitrogen and oxygen atoms in total. The van der Waals surface area contributed by atoms with Gasteiger partial charge in [-0.15, -0.1) is 0 Å². The monoisotopic (exact) mass is 427 g/mol. The third kappa shape index (κ3) is 4.52. The molecule has 1 amide bonds. The van der Waals surface area contributed by atoms with Gasteiger partial charge in [-0.1, -0.05) is 11.6 Å². The molecular formula is C17H9ClF3N3O3S. The van der Waals surface area contributed by atoms with Crippen LogP contribution in [0.15, 0.2) is 52.4 Å². The minimum Gasteiger partial charge on any atom is -0.300 e. The third-order valence-corrected chi connectivity index (χ3v) is 4.68.